The maximum Gasteiger partial charge on any atom is 0.193 e. The Morgan fingerprint density at radius 3 is 2.79 bits per heavy atom. The van der Waals surface area contributed by atoms with Crippen molar-refractivity contribution in [3.05, 3.63) is 53.0 Å². The third kappa shape index (κ3) is 4.81. The predicted octanol–water partition coefficient (Wildman–Crippen LogP) is 3.97. The molecule has 0 aliphatic rings. The molecule has 0 amide bonds. The van der Waals surface area contributed by atoms with Crippen LogP contribution in [0.25, 0.3) is 10.9 Å². The molecule has 0 spiro atoms. The molecule has 6 nitrogen and oxygen atoms in total. The molecule has 0 aliphatic heterocycles. The Morgan fingerprint density at radius 1 is 1.31 bits per heavy atom. The van der Waals surface area contributed by atoms with Gasteiger partial charge in [-0.1, -0.05) is 32.0 Å². The number of aromatic nitrogens is 3. The van der Waals surface area contributed by atoms with Crippen LogP contribution in [0.15, 0.2) is 35.5 Å². The summed E-state index contributed by atoms with van der Waals surface area (Å²) in [6, 6.07) is 8.49. The lowest BCUT2D eigenvalue weighted by Crippen LogP contribution is -2.38. The van der Waals surface area contributed by atoms with E-state index in [0.29, 0.717) is 5.92 Å². The van der Waals surface area contributed by atoms with Gasteiger partial charge in [0.05, 0.1) is 5.69 Å². The van der Waals surface area contributed by atoms with E-state index in [9.17, 15) is 0 Å². The number of H-pyrrole nitrogens is 1. The number of nitrogens with one attached hydrogen (secondary N) is 2. The van der Waals surface area contributed by atoms with E-state index in [1.54, 1.807) is 0 Å². The Kier molecular flexibility index (Phi) is 6.62. The van der Waals surface area contributed by atoms with Crippen molar-refractivity contribution in [3.8, 4) is 0 Å². The summed E-state index contributed by atoms with van der Waals surface area (Å²) in [5.41, 5.74) is 6.20. The maximum atomic E-state index is 4.90. The van der Waals surface area contributed by atoms with Crippen molar-refractivity contribution in [2.24, 2.45) is 12.0 Å². The van der Waals surface area contributed by atoms with Gasteiger partial charge in [0, 0.05) is 62.1 Å². The summed E-state index contributed by atoms with van der Waals surface area (Å²) in [5, 5.41) is 9.36. The molecule has 0 atom stereocenters. The standard InChI is InChI=1S/C23H34N6/c1-7-24-23(28(5)14-18-15-29(6)27-22(18)16(2)3)25-13-12-19-17(4)26-21-11-9-8-10-20(19)21/h8-11,15-16,26H,7,12-14H2,1-6H3,(H,24,25). The highest BCUT2D eigenvalue weighted by atomic mass is 15.3. The van der Waals surface area contributed by atoms with Crippen molar-refractivity contribution in [1.82, 2.24) is 25.0 Å². The maximum absolute atomic E-state index is 4.90. The lowest BCUT2D eigenvalue weighted by molar-refractivity contribution is 0.473. The van der Waals surface area contributed by atoms with E-state index in [-0.39, 0.29) is 0 Å². The lowest BCUT2D eigenvalue weighted by atomic mass is 10.1. The van der Waals surface area contributed by atoms with Crippen LogP contribution in [0.2, 0.25) is 0 Å². The quantitative estimate of drug-likeness (QED) is 0.471. The van der Waals surface area contributed by atoms with Gasteiger partial charge in [0.25, 0.3) is 0 Å². The summed E-state index contributed by atoms with van der Waals surface area (Å²) in [5.74, 6) is 1.34. The summed E-state index contributed by atoms with van der Waals surface area (Å²) in [7, 11) is 4.08. The van der Waals surface area contributed by atoms with Crippen molar-refractivity contribution in [2.45, 2.75) is 46.6 Å². The Bertz CT molecular complexity index is 979. The zero-order valence-electron chi connectivity index (χ0n) is 18.6. The number of hydrogen-bond donors (Lipinski definition) is 2. The zero-order chi connectivity index (χ0) is 21.0. The molecule has 3 aromatic rings. The van der Waals surface area contributed by atoms with Crippen LogP contribution in [0.1, 0.15) is 49.2 Å². The van der Waals surface area contributed by atoms with Gasteiger partial charge < -0.3 is 15.2 Å². The van der Waals surface area contributed by atoms with Gasteiger partial charge in [-0.25, -0.2) is 0 Å². The van der Waals surface area contributed by atoms with E-state index in [1.807, 2.05) is 11.7 Å². The first kappa shape index (κ1) is 21.0. The van der Waals surface area contributed by atoms with Crippen molar-refractivity contribution in [2.75, 3.05) is 20.1 Å². The minimum absolute atomic E-state index is 0.406. The van der Waals surface area contributed by atoms with Crippen LogP contribution < -0.4 is 5.32 Å². The number of aliphatic imine (C=N–C) groups is 1. The van der Waals surface area contributed by atoms with Crippen LogP contribution >= 0.6 is 0 Å². The minimum atomic E-state index is 0.406. The number of fused-ring (bicyclic) bond motifs is 1. The summed E-state index contributed by atoms with van der Waals surface area (Å²) < 4.78 is 1.91. The van der Waals surface area contributed by atoms with Gasteiger partial charge in [0.15, 0.2) is 5.96 Å². The Labute approximate surface area is 174 Å². The zero-order valence-corrected chi connectivity index (χ0v) is 18.6. The molecule has 29 heavy (non-hydrogen) atoms. The number of nitrogens with zero attached hydrogens (tertiary/aromatic N) is 4. The summed E-state index contributed by atoms with van der Waals surface area (Å²) in [4.78, 5) is 10.6. The van der Waals surface area contributed by atoms with Gasteiger partial charge >= 0.3 is 0 Å². The van der Waals surface area contributed by atoms with Gasteiger partial charge in [-0.15, -0.1) is 0 Å². The molecule has 2 N–H and O–H groups in total. The molecule has 0 fully saturated rings. The van der Waals surface area contributed by atoms with Crippen LogP contribution in [-0.4, -0.2) is 45.8 Å². The predicted molar refractivity (Wildman–Crippen MR) is 121 cm³/mol. The minimum Gasteiger partial charge on any atom is -0.358 e. The topological polar surface area (TPSA) is 61.2 Å². The van der Waals surface area contributed by atoms with Crippen LogP contribution in [0, 0.1) is 6.92 Å². The molecule has 6 heteroatoms. The first-order chi connectivity index (χ1) is 13.9. The van der Waals surface area contributed by atoms with E-state index < -0.39 is 0 Å². The van der Waals surface area contributed by atoms with Crippen LogP contribution in [0.3, 0.4) is 0 Å². The third-order valence-corrected chi connectivity index (χ3v) is 5.24. The number of aryl methyl sites for hydroxylation is 2. The Hall–Kier alpha value is -2.76. The molecule has 0 radical (unpaired) electrons. The van der Waals surface area contributed by atoms with E-state index in [0.717, 1.165) is 37.7 Å². The van der Waals surface area contributed by atoms with Gasteiger partial charge in [-0.3, -0.25) is 9.67 Å². The normalized spacial score (nSPS) is 12.2. The van der Waals surface area contributed by atoms with Gasteiger partial charge in [-0.2, -0.15) is 5.10 Å². The second-order valence-electron chi connectivity index (χ2n) is 7.98. The molecule has 0 unspecified atom stereocenters. The molecule has 1 aromatic carbocycles. The molecule has 2 aromatic heterocycles. The molecule has 156 valence electrons. The highest BCUT2D eigenvalue weighted by Gasteiger charge is 2.15. The smallest absolute Gasteiger partial charge is 0.193 e. The summed E-state index contributed by atoms with van der Waals surface area (Å²) in [6.45, 7) is 11.0. The fourth-order valence-electron chi connectivity index (χ4n) is 3.89. The third-order valence-electron chi connectivity index (χ3n) is 5.24. The van der Waals surface area contributed by atoms with Crippen LogP contribution in [0.5, 0.6) is 0 Å². The second kappa shape index (κ2) is 9.16. The van der Waals surface area contributed by atoms with Gasteiger partial charge in [-0.05, 0) is 37.8 Å². The lowest BCUT2D eigenvalue weighted by Gasteiger charge is -2.22. The number of guanidine groups is 1. The fraction of sp³-hybridized carbons (Fsp3) is 0.478. The summed E-state index contributed by atoms with van der Waals surface area (Å²) in [6.07, 6.45) is 3.04. The molecule has 0 bridgehead atoms. The highest BCUT2D eigenvalue weighted by molar-refractivity contribution is 5.84. The molecular formula is C23H34N6. The van der Waals surface area contributed by atoms with Crippen molar-refractivity contribution in [1.29, 1.82) is 0 Å². The van der Waals surface area contributed by atoms with Crippen molar-refractivity contribution < 1.29 is 0 Å². The van der Waals surface area contributed by atoms with E-state index in [2.05, 4.69) is 85.5 Å². The SMILES string of the molecule is CCNC(=NCCc1c(C)[nH]c2ccccc12)N(C)Cc1cn(C)nc1C(C)C. The molecule has 2 heterocycles. The first-order valence-electron chi connectivity index (χ1n) is 10.5. The number of rotatable bonds is 7. The van der Waals surface area contributed by atoms with Crippen molar-refractivity contribution in [3.63, 3.8) is 0 Å². The number of hydrogen-bond acceptors (Lipinski definition) is 2. The number of aromatic amines is 1. The van der Waals surface area contributed by atoms with Crippen LogP contribution in [0.4, 0.5) is 0 Å². The monoisotopic (exact) mass is 394 g/mol. The summed E-state index contributed by atoms with van der Waals surface area (Å²) >= 11 is 0. The number of para-hydroxylation sites is 1. The van der Waals surface area contributed by atoms with Crippen LogP contribution in [-0.2, 0) is 20.0 Å². The second-order valence-corrected chi connectivity index (χ2v) is 7.98. The largest absolute Gasteiger partial charge is 0.358 e. The Morgan fingerprint density at radius 2 is 2.07 bits per heavy atom. The molecule has 0 saturated carbocycles. The number of benzene rings is 1. The fourth-order valence-corrected chi connectivity index (χ4v) is 3.89. The molecule has 0 saturated heterocycles. The highest BCUT2D eigenvalue weighted by Crippen LogP contribution is 2.22. The van der Waals surface area contributed by atoms with E-state index >= 15 is 0 Å². The van der Waals surface area contributed by atoms with Gasteiger partial charge in [0.1, 0.15) is 0 Å². The van der Waals surface area contributed by atoms with Crippen molar-refractivity contribution >= 4 is 16.9 Å². The average Bonchev–Trinajstić information content (AvgIpc) is 3.20. The first-order valence-corrected chi connectivity index (χ1v) is 10.5. The molecular weight excluding hydrogens is 360 g/mol. The molecule has 3 rings (SSSR count). The average molecular weight is 395 g/mol. The molecule has 0 aliphatic carbocycles. The van der Waals surface area contributed by atoms with E-state index in [1.165, 1.54) is 27.7 Å². The Balaban J connectivity index is 1.73. The van der Waals surface area contributed by atoms with Gasteiger partial charge in [0.2, 0.25) is 0 Å². The van der Waals surface area contributed by atoms with E-state index in [4.69, 9.17) is 4.99 Å².